The van der Waals surface area contributed by atoms with E-state index in [0.717, 1.165) is 23.0 Å². The van der Waals surface area contributed by atoms with Crippen molar-refractivity contribution in [2.24, 2.45) is 0 Å². The first kappa shape index (κ1) is 15.8. The number of benzene rings is 1. The molecule has 2 N–H and O–H groups in total. The van der Waals surface area contributed by atoms with Gasteiger partial charge in [0.2, 0.25) is 0 Å². The van der Waals surface area contributed by atoms with Crippen molar-refractivity contribution >= 4 is 21.6 Å². The van der Waals surface area contributed by atoms with Gasteiger partial charge < -0.3 is 5.32 Å². The Morgan fingerprint density at radius 1 is 1.05 bits per heavy atom. The average molecular weight is 285 g/mol. The lowest BCUT2D eigenvalue weighted by molar-refractivity contribution is 0.527. The highest BCUT2D eigenvalue weighted by Gasteiger charge is 2.12. The predicted octanol–water partition coefficient (Wildman–Crippen LogP) is 2.51. The standard InChI is InChI=1S/C13H23N3O2S/c1-4-5-6-11-14-12-7-9-13(10-8-12)15-19(17,18)16(2)3/h7-10,14-15H,4-6,11H2,1-3H3. The topological polar surface area (TPSA) is 61.4 Å². The molecule has 0 radical (unpaired) electrons. The summed E-state index contributed by atoms with van der Waals surface area (Å²) in [6.07, 6.45) is 3.56. The van der Waals surface area contributed by atoms with E-state index >= 15 is 0 Å². The van der Waals surface area contributed by atoms with Gasteiger partial charge in [0.05, 0.1) is 0 Å². The summed E-state index contributed by atoms with van der Waals surface area (Å²) in [6.45, 7) is 3.11. The molecule has 0 atom stereocenters. The van der Waals surface area contributed by atoms with Gasteiger partial charge in [-0.2, -0.15) is 12.7 Å². The third kappa shape index (κ3) is 5.48. The minimum absolute atomic E-state index is 0.563. The van der Waals surface area contributed by atoms with E-state index in [0.29, 0.717) is 5.69 Å². The van der Waals surface area contributed by atoms with Crippen LogP contribution in [-0.4, -0.2) is 33.4 Å². The lowest BCUT2D eigenvalue weighted by atomic mass is 10.2. The van der Waals surface area contributed by atoms with Crippen molar-refractivity contribution in [2.45, 2.75) is 26.2 Å². The average Bonchev–Trinajstić information content (AvgIpc) is 2.36. The van der Waals surface area contributed by atoms with Gasteiger partial charge in [0, 0.05) is 32.0 Å². The molecule has 0 spiro atoms. The highest BCUT2D eigenvalue weighted by molar-refractivity contribution is 7.90. The molecule has 0 saturated heterocycles. The van der Waals surface area contributed by atoms with Crippen molar-refractivity contribution in [3.63, 3.8) is 0 Å². The second-order valence-electron chi connectivity index (χ2n) is 4.60. The molecule has 0 aliphatic heterocycles. The Morgan fingerprint density at radius 3 is 2.16 bits per heavy atom. The van der Waals surface area contributed by atoms with Crippen molar-refractivity contribution < 1.29 is 8.42 Å². The molecular weight excluding hydrogens is 262 g/mol. The third-order valence-corrected chi connectivity index (χ3v) is 4.18. The first-order valence-corrected chi connectivity index (χ1v) is 7.94. The fraction of sp³-hybridized carbons (Fsp3) is 0.538. The van der Waals surface area contributed by atoms with Crippen LogP contribution in [0.25, 0.3) is 0 Å². The highest BCUT2D eigenvalue weighted by Crippen LogP contribution is 2.15. The Labute approximate surface area is 116 Å². The van der Waals surface area contributed by atoms with Gasteiger partial charge in [-0.15, -0.1) is 0 Å². The van der Waals surface area contributed by atoms with Gasteiger partial charge in [-0.1, -0.05) is 19.8 Å². The lowest BCUT2D eigenvalue weighted by Gasteiger charge is -2.13. The normalized spacial score (nSPS) is 11.6. The van der Waals surface area contributed by atoms with Gasteiger partial charge in [-0.25, -0.2) is 0 Å². The van der Waals surface area contributed by atoms with Crippen LogP contribution in [0.5, 0.6) is 0 Å². The quantitative estimate of drug-likeness (QED) is 0.721. The number of unbranched alkanes of at least 4 members (excludes halogenated alkanes) is 2. The lowest BCUT2D eigenvalue weighted by Crippen LogP contribution is -2.28. The molecule has 0 heterocycles. The zero-order chi connectivity index (χ0) is 14.3. The van der Waals surface area contributed by atoms with E-state index in [9.17, 15) is 8.42 Å². The molecule has 19 heavy (non-hydrogen) atoms. The van der Waals surface area contributed by atoms with Gasteiger partial charge in [0.15, 0.2) is 0 Å². The van der Waals surface area contributed by atoms with Crippen molar-refractivity contribution in [2.75, 3.05) is 30.7 Å². The summed E-state index contributed by atoms with van der Waals surface area (Å²) in [6, 6.07) is 7.26. The summed E-state index contributed by atoms with van der Waals surface area (Å²) in [5.41, 5.74) is 1.57. The number of rotatable bonds is 8. The SMILES string of the molecule is CCCCCNc1ccc(NS(=O)(=O)N(C)C)cc1. The minimum Gasteiger partial charge on any atom is -0.385 e. The molecule has 1 rings (SSSR count). The number of anilines is 2. The fourth-order valence-electron chi connectivity index (χ4n) is 1.50. The summed E-state index contributed by atoms with van der Waals surface area (Å²) in [5, 5.41) is 3.30. The molecule has 0 aliphatic carbocycles. The fourth-order valence-corrected chi connectivity index (χ4v) is 2.12. The highest BCUT2D eigenvalue weighted by atomic mass is 32.2. The molecule has 1 aromatic rings. The molecular formula is C13H23N3O2S. The Balaban J connectivity index is 2.52. The van der Waals surface area contributed by atoms with Gasteiger partial charge in [0.1, 0.15) is 0 Å². The molecule has 5 nitrogen and oxygen atoms in total. The zero-order valence-corrected chi connectivity index (χ0v) is 12.6. The zero-order valence-electron chi connectivity index (χ0n) is 11.8. The molecule has 0 aromatic heterocycles. The first-order chi connectivity index (χ1) is 8.95. The van der Waals surface area contributed by atoms with Crippen LogP contribution in [-0.2, 0) is 10.2 Å². The maximum Gasteiger partial charge on any atom is 0.301 e. The van der Waals surface area contributed by atoms with Gasteiger partial charge in [-0.3, -0.25) is 4.72 Å². The van der Waals surface area contributed by atoms with Crippen LogP contribution in [0.15, 0.2) is 24.3 Å². The second-order valence-corrected chi connectivity index (χ2v) is 6.49. The molecule has 1 aromatic carbocycles. The van der Waals surface area contributed by atoms with Crippen LogP contribution in [0.2, 0.25) is 0 Å². The predicted molar refractivity (Wildman–Crippen MR) is 80.7 cm³/mol. The van der Waals surface area contributed by atoms with E-state index in [4.69, 9.17) is 0 Å². The largest absolute Gasteiger partial charge is 0.385 e. The van der Waals surface area contributed by atoms with Crippen LogP contribution in [0.1, 0.15) is 26.2 Å². The summed E-state index contributed by atoms with van der Waals surface area (Å²) in [5.74, 6) is 0. The third-order valence-electron chi connectivity index (χ3n) is 2.72. The van der Waals surface area contributed by atoms with E-state index in [1.807, 2.05) is 12.1 Å². The maximum atomic E-state index is 11.6. The summed E-state index contributed by atoms with van der Waals surface area (Å²) in [7, 11) is -0.441. The minimum atomic E-state index is -3.43. The molecule has 0 unspecified atom stereocenters. The van der Waals surface area contributed by atoms with E-state index < -0.39 is 10.2 Å². The van der Waals surface area contributed by atoms with E-state index in [-0.39, 0.29) is 0 Å². The molecule has 0 amide bonds. The molecule has 0 fully saturated rings. The Hall–Kier alpha value is -1.27. The molecule has 0 aliphatic rings. The number of nitrogens with one attached hydrogen (secondary N) is 2. The van der Waals surface area contributed by atoms with Gasteiger partial charge in [0.25, 0.3) is 0 Å². The monoisotopic (exact) mass is 285 g/mol. The molecule has 108 valence electrons. The Kier molecular flexibility index (Phi) is 6.11. The van der Waals surface area contributed by atoms with E-state index in [1.54, 1.807) is 12.1 Å². The van der Waals surface area contributed by atoms with Crippen molar-refractivity contribution in [1.82, 2.24) is 4.31 Å². The molecule has 6 heteroatoms. The number of nitrogens with zero attached hydrogens (tertiary/aromatic N) is 1. The van der Waals surface area contributed by atoms with Crippen LogP contribution < -0.4 is 10.0 Å². The van der Waals surface area contributed by atoms with Crippen molar-refractivity contribution in [3.05, 3.63) is 24.3 Å². The maximum absolute atomic E-state index is 11.6. The van der Waals surface area contributed by atoms with Crippen molar-refractivity contribution in [3.8, 4) is 0 Å². The van der Waals surface area contributed by atoms with Crippen molar-refractivity contribution in [1.29, 1.82) is 0 Å². The summed E-state index contributed by atoms with van der Waals surface area (Å²) < 4.78 is 26.9. The van der Waals surface area contributed by atoms with Gasteiger partial charge >= 0.3 is 10.2 Å². The van der Waals surface area contributed by atoms with Crippen LogP contribution >= 0.6 is 0 Å². The number of hydrogen-bond acceptors (Lipinski definition) is 3. The first-order valence-electron chi connectivity index (χ1n) is 6.50. The molecule has 0 bridgehead atoms. The van der Waals surface area contributed by atoms with E-state index in [1.165, 1.54) is 26.9 Å². The molecule has 0 saturated carbocycles. The van der Waals surface area contributed by atoms with E-state index in [2.05, 4.69) is 17.0 Å². The smallest absolute Gasteiger partial charge is 0.301 e. The van der Waals surface area contributed by atoms with Gasteiger partial charge in [-0.05, 0) is 30.7 Å². The Bertz CT molecular complexity index is 469. The summed E-state index contributed by atoms with van der Waals surface area (Å²) in [4.78, 5) is 0. The van der Waals surface area contributed by atoms with Crippen LogP contribution in [0, 0.1) is 0 Å². The summed E-state index contributed by atoms with van der Waals surface area (Å²) >= 11 is 0. The second kappa shape index (κ2) is 7.35. The Morgan fingerprint density at radius 2 is 1.63 bits per heavy atom. The van der Waals surface area contributed by atoms with Crippen LogP contribution in [0.4, 0.5) is 11.4 Å². The van der Waals surface area contributed by atoms with Crippen LogP contribution in [0.3, 0.4) is 0 Å². The number of hydrogen-bond donors (Lipinski definition) is 2.